The van der Waals surface area contributed by atoms with Crippen molar-refractivity contribution in [2.24, 2.45) is 11.3 Å². The molecule has 2 N–H and O–H groups in total. The lowest BCUT2D eigenvalue weighted by atomic mass is 9.96. The van der Waals surface area contributed by atoms with Gasteiger partial charge in [0.2, 0.25) is 15.4 Å². The van der Waals surface area contributed by atoms with Gasteiger partial charge in [-0.1, -0.05) is 65.2 Å². The van der Waals surface area contributed by atoms with Crippen LogP contribution in [0.5, 0.6) is 0 Å². The molecule has 1 atom stereocenters. The summed E-state index contributed by atoms with van der Waals surface area (Å²) in [7, 11) is -3.70. The lowest BCUT2D eigenvalue weighted by Gasteiger charge is -2.15. The van der Waals surface area contributed by atoms with E-state index in [1.165, 1.54) is 0 Å². The third kappa shape index (κ3) is 6.45. The lowest BCUT2D eigenvalue weighted by Crippen LogP contribution is -2.29. The third-order valence-electron chi connectivity index (χ3n) is 3.64. The van der Waals surface area contributed by atoms with Crippen molar-refractivity contribution in [1.29, 1.82) is 0 Å². The van der Waals surface area contributed by atoms with Crippen molar-refractivity contribution in [3.05, 3.63) is 0 Å². The molecule has 1 aromatic heterocycles. The molecule has 0 aromatic carbocycles. The van der Waals surface area contributed by atoms with E-state index in [2.05, 4.69) is 34.1 Å². The van der Waals surface area contributed by atoms with E-state index in [-0.39, 0.29) is 15.4 Å². The Morgan fingerprint density at radius 3 is 2.46 bits per heavy atom. The first-order chi connectivity index (χ1) is 11.1. The van der Waals surface area contributed by atoms with E-state index in [0.717, 1.165) is 37.0 Å². The molecule has 24 heavy (non-hydrogen) atoms. The zero-order valence-corrected chi connectivity index (χ0v) is 16.7. The predicted octanol–water partition coefficient (Wildman–Crippen LogP) is 3.02. The number of amides is 1. The van der Waals surface area contributed by atoms with Crippen molar-refractivity contribution in [3.8, 4) is 0 Å². The van der Waals surface area contributed by atoms with Gasteiger partial charge >= 0.3 is 0 Å². The van der Waals surface area contributed by atoms with Gasteiger partial charge in [0.1, 0.15) is 0 Å². The number of carbonyl (C=O) groups excluding carboxylic acids is 1. The van der Waals surface area contributed by atoms with Gasteiger partial charge in [0.15, 0.2) is 0 Å². The monoisotopic (exact) mass is 376 g/mol. The van der Waals surface area contributed by atoms with E-state index in [1.54, 1.807) is 20.8 Å². The number of nitrogens with one attached hydrogen (secondary N) is 2. The normalized spacial score (nSPS) is 13.7. The van der Waals surface area contributed by atoms with Crippen LogP contribution in [0.3, 0.4) is 0 Å². The highest BCUT2D eigenvalue weighted by Crippen LogP contribution is 2.23. The van der Waals surface area contributed by atoms with Crippen molar-refractivity contribution in [1.82, 2.24) is 14.9 Å². The van der Waals surface area contributed by atoms with Crippen LogP contribution in [0.15, 0.2) is 4.34 Å². The zero-order valence-electron chi connectivity index (χ0n) is 15.0. The standard InChI is InChI=1S/C15H28N4O3S2/c1-6-8-9-11(7-2)10-16-24(21,22)14-19-18-13(23-14)17-12(20)15(3,4)5/h11,16H,6-10H2,1-5H3,(H,17,18,20)/t11-/m0/s1. The maximum atomic E-state index is 12.3. The molecule has 1 heterocycles. The summed E-state index contributed by atoms with van der Waals surface area (Å²) in [4.78, 5) is 11.9. The molecule has 1 rings (SSSR count). The maximum Gasteiger partial charge on any atom is 0.269 e. The summed E-state index contributed by atoms with van der Waals surface area (Å²) in [6.45, 7) is 9.87. The molecule has 0 aliphatic heterocycles. The van der Waals surface area contributed by atoms with Gasteiger partial charge in [-0.15, -0.1) is 10.2 Å². The van der Waals surface area contributed by atoms with Crippen molar-refractivity contribution >= 4 is 32.4 Å². The number of aromatic nitrogens is 2. The predicted molar refractivity (Wildman–Crippen MR) is 96.5 cm³/mol. The van der Waals surface area contributed by atoms with E-state index in [1.807, 2.05) is 0 Å². The molecule has 0 bridgehead atoms. The molecule has 0 spiro atoms. The highest BCUT2D eigenvalue weighted by atomic mass is 32.2. The summed E-state index contributed by atoms with van der Waals surface area (Å²) in [5, 5.41) is 10.2. The van der Waals surface area contributed by atoms with E-state index >= 15 is 0 Å². The number of carbonyl (C=O) groups is 1. The summed E-state index contributed by atoms with van der Waals surface area (Å²) in [6.07, 6.45) is 4.10. The van der Waals surface area contributed by atoms with Gasteiger partial charge in [0.05, 0.1) is 0 Å². The number of sulfonamides is 1. The molecule has 0 aliphatic carbocycles. The second-order valence-corrected chi connectivity index (χ2v) is 9.76. The summed E-state index contributed by atoms with van der Waals surface area (Å²) in [5.74, 6) is 0.0777. The lowest BCUT2D eigenvalue weighted by molar-refractivity contribution is -0.123. The SMILES string of the molecule is CCCC[C@H](CC)CNS(=O)(=O)c1nnc(NC(=O)C(C)(C)C)s1. The quantitative estimate of drug-likeness (QED) is 0.645. The molecule has 9 heteroatoms. The Labute approximate surface area is 148 Å². The largest absolute Gasteiger partial charge is 0.300 e. The first kappa shape index (κ1) is 21.0. The number of rotatable bonds is 9. The average molecular weight is 377 g/mol. The first-order valence-electron chi connectivity index (χ1n) is 8.24. The Hall–Kier alpha value is -1.06. The van der Waals surface area contributed by atoms with Crippen LogP contribution in [0.4, 0.5) is 5.13 Å². The summed E-state index contributed by atoms with van der Waals surface area (Å²) >= 11 is 0.857. The van der Waals surface area contributed by atoms with E-state index in [4.69, 9.17) is 0 Å². The van der Waals surface area contributed by atoms with Crippen LogP contribution >= 0.6 is 11.3 Å². The fourth-order valence-corrected chi connectivity index (χ4v) is 3.94. The van der Waals surface area contributed by atoms with E-state index in [0.29, 0.717) is 12.5 Å². The Balaban J connectivity index is 2.70. The minimum absolute atomic E-state index is 0.128. The van der Waals surface area contributed by atoms with Gasteiger partial charge in [-0.05, 0) is 12.3 Å². The molecular weight excluding hydrogens is 348 g/mol. The molecule has 0 aliphatic rings. The highest BCUT2D eigenvalue weighted by Gasteiger charge is 2.25. The second-order valence-electron chi connectivity index (χ2n) is 6.85. The van der Waals surface area contributed by atoms with Crippen LogP contribution in [-0.2, 0) is 14.8 Å². The van der Waals surface area contributed by atoms with Crippen LogP contribution in [0.2, 0.25) is 0 Å². The minimum Gasteiger partial charge on any atom is -0.300 e. The molecule has 0 radical (unpaired) electrons. The number of hydrogen-bond acceptors (Lipinski definition) is 6. The van der Waals surface area contributed by atoms with Crippen LogP contribution in [0.1, 0.15) is 60.3 Å². The Kier molecular flexibility index (Phi) is 7.75. The van der Waals surface area contributed by atoms with Crippen LogP contribution in [-0.4, -0.2) is 31.1 Å². The first-order valence-corrected chi connectivity index (χ1v) is 10.5. The topological polar surface area (TPSA) is 101 Å². The van der Waals surface area contributed by atoms with Crippen molar-refractivity contribution in [2.45, 2.75) is 64.6 Å². The van der Waals surface area contributed by atoms with Gasteiger partial charge in [-0.2, -0.15) is 0 Å². The zero-order chi connectivity index (χ0) is 18.4. The number of hydrogen-bond donors (Lipinski definition) is 2. The number of anilines is 1. The fourth-order valence-electron chi connectivity index (χ4n) is 1.89. The number of nitrogens with zero attached hydrogens (tertiary/aromatic N) is 2. The van der Waals surface area contributed by atoms with Crippen molar-refractivity contribution in [3.63, 3.8) is 0 Å². The molecule has 0 unspecified atom stereocenters. The molecule has 0 saturated heterocycles. The molecule has 0 fully saturated rings. The number of unbranched alkanes of at least 4 members (excludes halogenated alkanes) is 1. The highest BCUT2D eigenvalue weighted by molar-refractivity contribution is 7.91. The Morgan fingerprint density at radius 1 is 1.25 bits per heavy atom. The maximum absolute atomic E-state index is 12.3. The molecule has 138 valence electrons. The van der Waals surface area contributed by atoms with Crippen LogP contribution < -0.4 is 10.0 Å². The summed E-state index contributed by atoms with van der Waals surface area (Å²) in [5.41, 5.74) is -0.587. The van der Waals surface area contributed by atoms with Gasteiger partial charge in [-0.25, -0.2) is 13.1 Å². The van der Waals surface area contributed by atoms with E-state index < -0.39 is 15.4 Å². The molecular formula is C15H28N4O3S2. The van der Waals surface area contributed by atoms with Crippen molar-refractivity contribution in [2.75, 3.05) is 11.9 Å². The molecule has 7 nitrogen and oxygen atoms in total. The fraction of sp³-hybridized carbons (Fsp3) is 0.800. The summed E-state index contributed by atoms with van der Waals surface area (Å²) in [6, 6.07) is 0. The van der Waals surface area contributed by atoms with Gasteiger partial charge in [-0.3, -0.25) is 4.79 Å². The summed E-state index contributed by atoms with van der Waals surface area (Å²) < 4.78 is 27.1. The second kappa shape index (κ2) is 8.87. The third-order valence-corrected chi connectivity index (χ3v) is 6.27. The smallest absolute Gasteiger partial charge is 0.269 e. The molecule has 1 amide bonds. The van der Waals surface area contributed by atoms with Crippen molar-refractivity contribution < 1.29 is 13.2 Å². The van der Waals surface area contributed by atoms with Gasteiger partial charge < -0.3 is 5.32 Å². The Bertz CT molecular complexity index is 635. The van der Waals surface area contributed by atoms with Gasteiger partial charge in [0, 0.05) is 12.0 Å². The van der Waals surface area contributed by atoms with Gasteiger partial charge in [0.25, 0.3) is 10.0 Å². The van der Waals surface area contributed by atoms with E-state index in [9.17, 15) is 13.2 Å². The molecule has 1 aromatic rings. The minimum atomic E-state index is -3.70. The van der Waals surface area contributed by atoms with Crippen LogP contribution in [0, 0.1) is 11.3 Å². The molecule has 0 saturated carbocycles. The Morgan fingerprint density at radius 2 is 1.92 bits per heavy atom. The van der Waals surface area contributed by atoms with Crippen LogP contribution in [0.25, 0.3) is 0 Å². The average Bonchev–Trinajstić information content (AvgIpc) is 2.96.